The number of aromatic nitrogens is 2. The van der Waals surface area contributed by atoms with Gasteiger partial charge in [-0.25, -0.2) is 4.98 Å². The summed E-state index contributed by atoms with van der Waals surface area (Å²) in [7, 11) is 1.61. The number of fused-ring (bicyclic) bond motifs is 3. The van der Waals surface area contributed by atoms with Gasteiger partial charge in [-0.05, 0) is 24.3 Å². The van der Waals surface area contributed by atoms with Crippen molar-refractivity contribution in [3.8, 4) is 5.75 Å². The van der Waals surface area contributed by atoms with Crippen LogP contribution in [0, 0.1) is 0 Å². The quantitative estimate of drug-likeness (QED) is 0.799. The van der Waals surface area contributed by atoms with Crippen molar-refractivity contribution in [1.82, 2.24) is 9.55 Å². The summed E-state index contributed by atoms with van der Waals surface area (Å²) in [6.45, 7) is 4.03. The van der Waals surface area contributed by atoms with Crippen LogP contribution in [0.2, 0.25) is 0 Å². The molecule has 25 heavy (non-hydrogen) atoms. The number of carbonyl (C=O) groups excluding carboxylic acids is 1. The molecule has 2 aromatic carbocycles. The highest BCUT2D eigenvalue weighted by atomic mass is 16.5. The van der Waals surface area contributed by atoms with Gasteiger partial charge in [-0.2, -0.15) is 0 Å². The second-order valence-electron chi connectivity index (χ2n) is 6.16. The number of amides is 1. The second kappa shape index (κ2) is 6.12. The van der Waals surface area contributed by atoms with Crippen LogP contribution in [0.15, 0.2) is 42.5 Å². The maximum Gasteiger partial charge on any atom is 0.221 e. The van der Waals surface area contributed by atoms with Gasteiger partial charge >= 0.3 is 0 Å². The van der Waals surface area contributed by atoms with Gasteiger partial charge in [0.1, 0.15) is 11.6 Å². The van der Waals surface area contributed by atoms with E-state index in [1.165, 1.54) is 12.4 Å². The smallest absolute Gasteiger partial charge is 0.221 e. The molecule has 3 aromatic rings. The summed E-state index contributed by atoms with van der Waals surface area (Å²) in [5, 5.41) is 2.79. The molecule has 0 aliphatic carbocycles. The number of benzene rings is 2. The SMILES string of the molecule is COc1cc(N2CCn3c(nc4ccccc43)C2)ccc1NC(C)=O. The number of imidazole rings is 1. The summed E-state index contributed by atoms with van der Waals surface area (Å²) >= 11 is 0. The highest BCUT2D eigenvalue weighted by Crippen LogP contribution is 2.32. The molecule has 0 atom stereocenters. The number of carbonyl (C=O) groups is 1. The molecule has 1 N–H and O–H groups in total. The number of rotatable bonds is 3. The molecular formula is C19H20N4O2. The molecule has 0 unspecified atom stereocenters. The molecule has 6 nitrogen and oxygen atoms in total. The van der Waals surface area contributed by atoms with Gasteiger partial charge in [0, 0.05) is 31.8 Å². The molecule has 1 amide bonds. The lowest BCUT2D eigenvalue weighted by atomic mass is 10.2. The van der Waals surface area contributed by atoms with Crippen molar-refractivity contribution in [2.45, 2.75) is 20.0 Å². The molecule has 2 heterocycles. The highest BCUT2D eigenvalue weighted by Gasteiger charge is 2.21. The van der Waals surface area contributed by atoms with Gasteiger partial charge in [0.05, 0.1) is 30.4 Å². The van der Waals surface area contributed by atoms with Crippen LogP contribution < -0.4 is 15.0 Å². The van der Waals surface area contributed by atoms with Gasteiger partial charge in [0.2, 0.25) is 5.91 Å². The molecule has 0 saturated carbocycles. The molecule has 0 bridgehead atoms. The third kappa shape index (κ3) is 2.80. The lowest BCUT2D eigenvalue weighted by molar-refractivity contribution is -0.114. The van der Waals surface area contributed by atoms with Crippen molar-refractivity contribution >= 4 is 28.3 Å². The van der Waals surface area contributed by atoms with E-state index in [0.29, 0.717) is 11.4 Å². The number of nitrogens with one attached hydrogen (secondary N) is 1. The van der Waals surface area contributed by atoms with Gasteiger partial charge in [-0.15, -0.1) is 0 Å². The number of methoxy groups -OCH3 is 1. The van der Waals surface area contributed by atoms with E-state index in [1.54, 1.807) is 7.11 Å². The minimum atomic E-state index is -0.113. The van der Waals surface area contributed by atoms with E-state index < -0.39 is 0 Å². The van der Waals surface area contributed by atoms with Crippen LogP contribution in [0.3, 0.4) is 0 Å². The van der Waals surface area contributed by atoms with E-state index in [9.17, 15) is 4.79 Å². The monoisotopic (exact) mass is 336 g/mol. The minimum Gasteiger partial charge on any atom is -0.494 e. The molecule has 1 aliphatic heterocycles. The molecule has 0 saturated heterocycles. The summed E-state index contributed by atoms with van der Waals surface area (Å²) < 4.78 is 7.72. The molecule has 1 aliphatic rings. The summed E-state index contributed by atoms with van der Waals surface area (Å²) in [5.41, 5.74) is 3.97. The van der Waals surface area contributed by atoms with Crippen molar-refractivity contribution in [1.29, 1.82) is 0 Å². The average Bonchev–Trinajstić information content (AvgIpc) is 2.99. The lowest BCUT2D eigenvalue weighted by Crippen LogP contribution is -2.33. The summed E-state index contributed by atoms with van der Waals surface area (Å²) in [5.74, 6) is 1.61. The van der Waals surface area contributed by atoms with Crippen LogP contribution in [0.4, 0.5) is 11.4 Å². The largest absolute Gasteiger partial charge is 0.494 e. The first-order valence-electron chi connectivity index (χ1n) is 8.30. The van der Waals surface area contributed by atoms with Gasteiger partial charge in [-0.3, -0.25) is 4.79 Å². The van der Waals surface area contributed by atoms with Gasteiger partial charge < -0.3 is 19.5 Å². The van der Waals surface area contributed by atoms with E-state index in [2.05, 4.69) is 33.0 Å². The lowest BCUT2D eigenvalue weighted by Gasteiger charge is -2.30. The normalized spacial score (nSPS) is 13.6. The molecule has 1 aromatic heterocycles. The highest BCUT2D eigenvalue weighted by molar-refractivity contribution is 5.90. The predicted molar refractivity (Wildman–Crippen MR) is 98.1 cm³/mol. The maximum absolute atomic E-state index is 11.3. The fourth-order valence-corrected chi connectivity index (χ4v) is 3.36. The van der Waals surface area contributed by atoms with Crippen molar-refractivity contribution in [3.05, 3.63) is 48.3 Å². The van der Waals surface area contributed by atoms with Crippen LogP contribution in [0.5, 0.6) is 5.75 Å². The molecular weight excluding hydrogens is 316 g/mol. The summed E-state index contributed by atoms with van der Waals surface area (Å²) in [4.78, 5) is 18.3. The third-order valence-electron chi connectivity index (χ3n) is 4.52. The number of anilines is 2. The van der Waals surface area contributed by atoms with Crippen LogP contribution in [0.1, 0.15) is 12.7 Å². The molecule has 6 heteroatoms. The van der Waals surface area contributed by atoms with Gasteiger partial charge in [0.25, 0.3) is 0 Å². The standard InChI is InChI=1S/C19H20N4O2/c1-13(24)20-16-8-7-14(11-18(16)25-2)22-9-10-23-17-6-4-3-5-15(17)21-19(23)12-22/h3-8,11H,9-10,12H2,1-2H3,(H,20,24). The molecule has 0 spiro atoms. The Morgan fingerprint density at radius 2 is 2.04 bits per heavy atom. The van der Waals surface area contributed by atoms with Crippen LogP contribution in [-0.4, -0.2) is 29.1 Å². The Morgan fingerprint density at radius 3 is 2.84 bits per heavy atom. The van der Waals surface area contributed by atoms with Crippen molar-refractivity contribution in [3.63, 3.8) is 0 Å². The Hall–Kier alpha value is -3.02. The zero-order valence-corrected chi connectivity index (χ0v) is 14.3. The fourth-order valence-electron chi connectivity index (χ4n) is 3.36. The molecule has 4 rings (SSSR count). The van der Waals surface area contributed by atoms with Crippen LogP contribution in [-0.2, 0) is 17.9 Å². The van der Waals surface area contributed by atoms with E-state index in [-0.39, 0.29) is 5.91 Å². The molecule has 0 radical (unpaired) electrons. The van der Waals surface area contributed by atoms with Gasteiger partial charge in [0.15, 0.2) is 0 Å². The van der Waals surface area contributed by atoms with E-state index in [1.807, 2.05) is 24.3 Å². The third-order valence-corrected chi connectivity index (χ3v) is 4.52. The first kappa shape index (κ1) is 15.5. The van der Waals surface area contributed by atoms with Gasteiger partial charge in [-0.1, -0.05) is 12.1 Å². The predicted octanol–water partition coefficient (Wildman–Crippen LogP) is 3.02. The zero-order chi connectivity index (χ0) is 17.4. The van der Waals surface area contributed by atoms with E-state index in [0.717, 1.165) is 36.7 Å². The second-order valence-corrected chi connectivity index (χ2v) is 6.16. The van der Waals surface area contributed by atoms with Crippen LogP contribution in [0.25, 0.3) is 11.0 Å². The topological polar surface area (TPSA) is 59.4 Å². The number of hydrogen-bond acceptors (Lipinski definition) is 4. The zero-order valence-electron chi connectivity index (χ0n) is 14.3. The Labute approximate surface area is 146 Å². The van der Waals surface area contributed by atoms with Crippen molar-refractivity contribution in [2.75, 3.05) is 23.9 Å². The van der Waals surface area contributed by atoms with Crippen molar-refractivity contribution in [2.24, 2.45) is 0 Å². The number of nitrogens with zero attached hydrogens (tertiary/aromatic N) is 3. The number of para-hydroxylation sites is 2. The number of hydrogen-bond donors (Lipinski definition) is 1. The number of ether oxygens (including phenoxy) is 1. The molecule has 128 valence electrons. The Morgan fingerprint density at radius 1 is 1.20 bits per heavy atom. The fraction of sp³-hybridized carbons (Fsp3) is 0.263. The van der Waals surface area contributed by atoms with E-state index in [4.69, 9.17) is 9.72 Å². The minimum absolute atomic E-state index is 0.113. The first-order valence-corrected chi connectivity index (χ1v) is 8.30. The van der Waals surface area contributed by atoms with E-state index >= 15 is 0 Å². The first-order chi connectivity index (χ1) is 12.2. The Balaban J connectivity index is 1.64. The molecule has 0 fully saturated rings. The summed E-state index contributed by atoms with van der Waals surface area (Å²) in [6.07, 6.45) is 0. The van der Waals surface area contributed by atoms with Crippen molar-refractivity contribution < 1.29 is 9.53 Å². The Kier molecular flexibility index (Phi) is 3.80. The average molecular weight is 336 g/mol. The Bertz CT molecular complexity index is 948. The maximum atomic E-state index is 11.3. The van der Waals surface area contributed by atoms with Crippen LogP contribution >= 0.6 is 0 Å². The summed E-state index contributed by atoms with van der Waals surface area (Å²) in [6, 6.07) is 14.1.